The predicted octanol–water partition coefficient (Wildman–Crippen LogP) is 1.79. The summed E-state index contributed by atoms with van der Waals surface area (Å²) in [4.78, 5) is 10.9. The van der Waals surface area contributed by atoms with Gasteiger partial charge in [0.2, 0.25) is 5.91 Å². The molecule has 0 bridgehead atoms. The van der Waals surface area contributed by atoms with Gasteiger partial charge >= 0.3 is 0 Å². The Morgan fingerprint density at radius 1 is 1.64 bits per heavy atom. The number of nitrogens with two attached hydrogens (primary N) is 1. The number of benzene rings is 1. The lowest BCUT2D eigenvalue weighted by Crippen LogP contribution is -2.22. The summed E-state index contributed by atoms with van der Waals surface area (Å²) in [7, 11) is 0. The number of hydrogen-bond donors (Lipinski definition) is 2. The molecule has 0 atom stereocenters. The molecular weight excluding hydrogens is 251 g/mol. The molecule has 3 N–H and O–H groups in total. The molecule has 0 saturated heterocycles. The number of aryl methyl sites for hydroxylation is 1. The number of carbonyl (C=O) groups is 1. The van der Waals surface area contributed by atoms with Gasteiger partial charge in [0.05, 0.1) is 12.2 Å². The SMILES string of the molecule is Cc1cc(NC(=O)CN)c(F)cc1Br. The average molecular weight is 261 g/mol. The van der Waals surface area contributed by atoms with Crippen LogP contribution in [0.2, 0.25) is 0 Å². The van der Waals surface area contributed by atoms with E-state index in [1.165, 1.54) is 6.07 Å². The van der Waals surface area contributed by atoms with Crippen molar-refractivity contribution in [1.82, 2.24) is 0 Å². The molecule has 1 rings (SSSR count). The summed E-state index contributed by atoms with van der Waals surface area (Å²) in [5, 5.41) is 2.37. The summed E-state index contributed by atoms with van der Waals surface area (Å²) in [6.45, 7) is 1.65. The number of amides is 1. The van der Waals surface area contributed by atoms with Crippen LogP contribution < -0.4 is 11.1 Å². The molecule has 1 aromatic rings. The molecule has 0 aliphatic carbocycles. The van der Waals surface area contributed by atoms with Crippen molar-refractivity contribution in [3.8, 4) is 0 Å². The van der Waals surface area contributed by atoms with Gasteiger partial charge in [-0.3, -0.25) is 4.79 Å². The Labute approximate surface area is 89.6 Å². The monoisotopic (exact) mass is 260 g/mol. The van der Waals surface area contributed by atoms with Crippen LogP contribution in [0.1, 0.15) is 5.56 Å². The van der Waals surface area contributed by atoms with Gasteiger partial charge < -0.3 is 11.1 Å². The van der Waals surface area contributed by atoms with Gasteiger partial charge in [-0.05, 0) is 24.6 Å². The quantitative estimate of drug-likeness (QED) is 0.852. The summed E-state index contributed by atoms with van der Waals surface area (Å²) in [5.74, 6) is -0.894. The highest BCUT2D eigenvalue weighted by Crippen LogP contribution is 2.23. The van der Waals surface area contributed by atoms with Gasteiger partial charge in [0, 0.05) is 4.47 Å². The van der Waals surface area contributed by atoms with Crippen LogP contribution in [-0.4, -0.2) is 12.5 Å². The zero-order valence-corrected chi connectivity index (χ0v) is 9.19. The van der Waals surface area contributed by atoms with Crippen LogP contribution in [0.5, 0.6) is 0 Å². The Balaban J connectivity index is 2.98. The van der Waals surface area contributed by atoms with Crippen LogP contribution in [-0.2, 0) is 4.79 Å². The molecule has 0 spiro atoms. The summed E-state index contributed by atoms with van der Waals surface area (Å²) in [5.41, 5.74) is 6.09. The molecule has 0 heterocycles. The van der Waals surface area contributed by atoms with Crippen molar-refractivity contribution >= 4 is 27.5 Å². The first-order valence-electron chi connectivity index (χ1n) is 4.00. The van der Waals surface area contributed by atoms with Gasteiger partial charge in [-0.15, -0.1) is 0 Å². The molecule has 0 saturated carbocycles. The van der Waals surface area contributed by atoms with Crippen LogP contribution >= 0.6 is 15.9 Å². The molecule has 3 nitrogen and oxygen atoms in total. The highest BCUT2D eigenvalue weighted by molar-refractivity contribution is 9.10. The Bertz CT molecular complexity index is 368. The standard InChI is InChI=1S/C9H10BrFN2O/c1-5-2-8(13-9(14)4-12)7(11)3-6(5)10/h2-3H,4,12H2,1H3,(H,13,14). The molecule has 1 aromatic carbocycles. The lowest BCUT2D eigenvalue weighted by molar-refractivity contribution is -0.114. The minimum absolute atomic E-state index is 0.154. The summed E-state index contributed by atoms with van der Waals surface area (Å²) in [6.07, 6.45) is 0. The fourth-order valence-electron chi connectivity index (χ4n) is 0.954. The molecular formula is C9H10BrFN2O. The molecule has 0 radical (unpaired) electrons. The maximum absolute atomic E-state index is 13.2. The van der Waals surface area contributed by atoms with E-state index in [-0.39, 0.29) is 12.2 Å². The van der Waals surface area contributed by atoms with E-state index in [2.05, 4.69) is 21.2 Å². The fraction of sp³-hybridized carbons (Fsp3) is 0.222. The van der Waals surface area contributed by atoms with E-state index in [9.17, 15) is 9.18 Å². The normalized spacial score (nSPS) is 10.0. The van der Waals surface area contributed by atoms with Crippen molar-refractivity contribution in [3.05, 3.63) is 28.0 Å². The Hall–Kier alpha value is -0.940. The minimum Gasteiger partial charge on any atom is -0.322 e. The molecule has 5 heteroatoms. The first kappa shape index (κ1) is 11.1. The zero-order chi connectivity index (χ0) is 10.7. The second-order valence-corrected chi connectivity index (χ2v) is 3.69. The number of hydrogen-bond acceptors (Lipinski definition) is 2. The molecule has 0 unspecified atom stereocenters. The second kappa shape index (κ2) is 4.52. The lowest BCUT2D eigenvalue weighted by atomic mass is 10.2. The maximum Gasteiger partial charge on any atom is 0.238 e. The summed E-state index contributed by atoms with van der Waals surface area (Å²) in [6, 6.07) is 2.86. The van der Waals surface area contributed by atoms with Crippen molar-refractivity contribution in [2.45, 2.75) is 6.92 Å². The van der Waals surface area contributed by atoms with Crippen LogP contribution in [0.15, 0.2) is 16.6 Å². The third kappa shape index (κ3) is 2.52. The number of carbonyl (C=O) groups excluding carboxylic acids is 1. The lowest BCUT2D eigenvalue weighted by Gasteiger charge is -2.07. The fourth-order valence-corrected chi connectivity index (χ4v) is 1.27. The third-order valence-corrected chi connectivity index (χ3v) is 2.56. The largest absolute Gasteiger partial charge is 0.322 e. The van der Waals surface area contributed by atoms with Crippen LogP contribution in [0.25, 0.3) is 0 Å². The van der Waals surface area contributed by atoms with E-state index in [4.69, 9.17) is 5.73 Å². The number of rotatable bonds is 2. The van der Waals surface area contributed by atoms with Crippen molar-refractivity contribution in [2.24, 2.45) is 5.73 Å². The third-order valence-electron chi connectivity index (χ3n) is 1.71. The highest BCUT2D eigenvalue weighted by Gasteiger charge is 2.07. The van der Waals surface area contributed by atoms with E-state index >= 15 is 0 Å². The smallest absolute Gasteiger partial charge is 0.238 e. The Morgan fingerprint density at radius 3 is 2.86 bits per heavy atom. The average Bonchev–Trinajstić information content (AvgIpc) is 2.14. The van der Waals surface area contributed by atoms with Crippen molar-refractivity contribution < 1.29 is 9.18 Å². The molecule has 1 amide bonds. The molecule has 0 aliphatic rings. The van der Waals surface area contributed by atoms with Crippen LogP contribution in [0, 0.1) is 12.7 Å². The second-order valence-electron chi connectivity index (χ2n) is 2.83. The molecule has 14 heavy (non-hydrogen) atoms. The van der Waals surface area contributed by atoms with Crippen LogP contribution in [0.3, 0.4) is 0 Å². The predicted molar refractivity (Wildman–Crippen MR) is 56.5 cm³/mol. The zero-order valence-electron chi connectivity index (χ0n) is 7.60. The maximum atomic E-state index is 13.2. The van der Waals surface area contributed by atoms with E-state index < -0.39 is 11.7 Å². The van der Waals surface area contributed by atoms with Crippen LogP contribution in [0.4, 0.5) is 10.1 Å². The minimum atomic E-state index is -0.482. The molecule has 0 fully saturated rings. The first-order valence-corrected chi connectivity index (χ1v) is 4.79. The van der Waals surface area contributed by atoms with Crippen molar-refractivity contribution in [2.75, 3.05) is 11.9 Å². The summed E-state index contributed by atoms with van der Waals surface area (Å²) >= 11 is 3.19. The number of nitrogens with one attached hydrogen (secondary N) is 1. The van der Waals surface area contributed by atoms with Gasteiger partial charge in [-0.1, -0.05) is 15.9 Å². The van der Waals surface area contributed by atoms with Gasteiger partial charge in [0.15, 0.2) is 0 Å². The van der Waals surface area contributed by atoms with Gasteiger partial charge in [0.25, 0.3) is 0 Å². The molecule has 76 valence electrons. The van der Waals surface area contributed by atoms with E-state index in [0.29, 0.717) is 4.47 Å². The first-order chi connectivity index (χ1) is 6.54. The topological polar surface area (TPSA) is 55.1 Å². The Morgan fingerprint density at radius 2 is 2.29 bits per heavy atom. The number of anilines is 1. The van der Waals surface area contributed by atoms with Gasteiger partial charge in [-0.25, -0.2) is 4.39 Å². The molecule has 0 aliphatic heterocycles. The van der Waals surface area contributed by atoms with E-state index in [1.807, 2.05) is 6.92 Å². The Kier molecular flexibility index (Phi) is 3.60. The van der Waals surface area contributed by atoms with E-state index in [1.54, 1.807) is 6.07 Å². The van der Waals surface area contributed by atoms with E-state index in [0.717, 1.165) is 5.56 Å². The van der Waals surface area contributed by atoms with Crippen molar-refractivity contribution in [3.63, 3.8) is 0 Å². The molecule has 0 aromatic heterocycles. The summed E-state index contributed by atoms with van der Waals surface area (Å²) < 4.78 is 13.9. The van der Waals surface area contributed by atoms with Gasteiger partial charge in [0.1, 0.15) is 5.82 Å². The van der Waals surface area contributed by atoms with Gasteiger partial charge in [-0.2, -0.15) is 0 Å². The van der Waals surface area contributed by atoms with Crippen molar-refractivity contribution in [1.29, 1.82) is 0 Å². The highest BCUT2D eigenvalue weighted by atomic mass is 79.9. The number of halogens is 2.